The predicted molar refractivity (Wildman–Crippen MR) is 121 cm³/mol. The van der Waals surface area contributed by atoms with Gasteiger partial charge in [0.15, 0.2) is 9.84 Å². The molecule has 0 unspecified atom stereocenters. The molecular weight excluding hydrogens is 453 g/mol. The molecule has 1 aromatic heterocycles. The molecule has 5 rings (SSSR count). The van der Waals surface area contributed by atoms with Gasteiger partial charge in [-0.1, -0.05) is 19.1 Å². The molecule has 2 fully saturated rings. The number of aromatic nitrogens is 1. The highest BCUT2D eigenvalue weighted by Gasteiger charge is 2.70. The second kappa shape index (κ2) is 7.22. The number of fused-ring (bicyclic) bond motifs is 1. The fraction of sp³-hybridized carbons (Fsp3) is 0.458. The van der Waals surface area contributed by atoms with Crippen LogP contribution in [0.1, 0.15) is 37.3 Å². The number of aryl methyl sites for hydroxylation is 1. The van der Waals surface area contributed by atoms with E-state index in [1.54, 1.807) is 13.2 Å². The lowest BCUT2D eigenvalue weighted by Gasteiger charge is -2.35. The van der Waals surface area contributed by atoms with Gasteiger partial charge < -0.3 is 9.47 Å². The number of sulfone groups is 1. The van der Waals surface area contributed by atoms with Crippen molar-refractivity contribution in [3.05, 3.63) is 51.7 Å². The Morgan fingerprint density at radius 1 is 1.12 bits per heavy atom. The Labute approximate surface area is 190 Å². The molecule has 2 heterocycles. The van der Waals surface area contributed by atoms with Gasteiger partial charge in [-0.3, -0.25) is 4.79 Å². The van der Waals surface area contributed by atoms with Crippen LogP contribution in [0.3, 0.4) is 0 Å². The zero-order chi connectivity index (χ0) is 23.8. The van der Waals surface area contributed by atoms with Crippen molar-refractivity contribution in [3.8, 4) is 11.1 Å². The van der Waals surface area contributed by atoms with Crippen molar-refractivity contribution in [1.29, 1.82) is 0 Å². The number of anilines is 1. The number of rotatable bonds is 4. The minimum Gasteiger partial charge on any atom is -0.371 e. The molecule has 1 aromatic carbocycles. The summed E-state index contributed by atoms with van der Waals surface area (Å²) in [5.74, 6) is -3.75. The fourth-order valence-electron chi connectivity index (χ4n) is 5.22. The van der Waals surface area contributed by atoms with E-state index in [1.807, 2.05) is 17.1 Å². The van der Waals surface area contributed by atoms with Crippen molar-refractivity contribution < 1.29 is 21.6 Å². The first-order valence-electron chi connectivity index (χ1n) is 11.1. The molecule has 33 heavy (non-hydrogen) atoms. The normalized spacial score (nSPS) is 20.3. The van der Waals surface area contributed by atoms with Crippen molar-refractivity contribution >= 4 is 21.6 Å². The number of halogens is 3. The van der Waals surface area contributed by atoms with Gasteiger partial charge in [0.2, 0.25) is 0 Å². The summed E-state index contributed by atoms with van der Waals surface area (Å²) in [6, 6.07) is 2.54. The lowest BCUT2D eigenvalue weighted by Crippen LogP contribution is -2.37. The Morgan fingerprint density at radius 2 is 1.79 bits per heavy atom. The maximum Gasteiger partial charge on any atom is 0.254 e. The zero-order valence-corrected chi connectivity index (χ0v) is 19.3. The van der Waals surface area contributed by atoms with Crippen molar-refractivity contribution in [2.75, 3.05) is 23.7 Å². The van der Waals surface area contributed by atoms with Crippen LogP contribution in [-0.4, -0.2) is 37.7 Å². The van der Waals surface area contributed by atoms with Crippen LogP contribution in [0.15, 0.2) is 34.1 Å². The average Bonchev–Trinajstić information content (AvgIpc) is 3.10. The van der Waals surface area contributed by atoms with Gasteiger partial charge in [0, 0.05) is 60.5 Å². The lowest BCUT2D eigenvalue weighted by molar-refractivity contribution is 0.0537. The van der Waals surface area contributed by atoms with E-state index in [1.165, 1.54) is 23.6 Å². The van der Waals surface area contributed by atoms with Gasteiger partial charge in [0.1, 0.15) is 10.7 Å². The molecule has 0 radical (unpaired) electrons. The zero-order valence-electron chi connectivity index (χ0n) is 18.5. The summed E-state index contributed by atoms with van der Waals surface area (Å²) >= 11 is 0. The number of benzene rings is 1. The molecular formula is C24H25F3N2O3S. The maximum absolute atomic E-state index is 15.1. The molecule has 0 N–H and O–H groups in total. The maximum atomic E-state index is 15.1. The highest BCUT2D eigenvalue weighted by Crippen LogP contribution is 2.66. The van der Waals surface area contributed by atoms with Crippen molar-refractivity contribution in [2.24, 2.45) is 12.5 Å². The Balaban J connectivity index is 1.68. The number of allylic oxidation sites excluding steroid dienone is 1. The summed E-state index contributed by atoms with van der Waals surface area (Å²) in [7, 11) is -2.22. The summed E-state index contributed by atoms with van der Waals surface area (Å²) in [6.45, 7) is 2.10. The SMILES string of the molecule is CCS(=O)(=O)c1cc(-c2cn(C)c(=O)c3c2C=CC3)c(N2CCC3(CC2)CC3(F)F)cc1F. The van der Waals surface area contributed by atoms with Gasteiger partial charge in [-0.25, -0.2) is 21.6 Å². The van der Waals surface area contributed by atoms with Crippen LogP contribution in [0.25, 0.3) is 17.2 Å². The third kappa shape index (κ3) is 3.34. The lowest BCUT2D eigenvalue weighted by atomic mass is 9.91. The van der Waals surface area contributed by atoms with Crippen molar-refractivity contribution in [3.63, 3.8) is 0 Å². The molecule has 1 saturated heterocycles. The van der Waals surface area contributed by atoms with Crippen LogP contribution in [0.2, 0.25) is 0 Å². The second-order valence-corrected chi connectivity index (χ2v) is 11.6. The van der Waals surface area contributed by atoms with Gasteiger partial charge in [-0.05, 0) is 37.0 Å². The molecule has 2 aliphatic carbocycles. The summed E-state index contributed by atoms with van der Waals surface area (Å²) in [6.07, 6.45) is 6.26. The van der Waals surface area contributed by atoms with Crippen molar-refractivity contribution in [2.45, 2.75) is 43.4 Å². The van der Waals surface area contributed by atoms with Gasteiger partial charge in [-0.2, -0.15) is 0 Å². The van der Waals surface area contributed by atoms with E-state index in [-0.39, 0.29) is 17.7 Å². The molecule has 9 heteroatoms. The first-order valence-corrected chi connectivity index (χ1v) is 12.7. The Bertz CT molecular complexity index is 1350. The molecule has 0 amide bonds. The van der Waals surface area contributed by atoms with Gasteiger partial charge in [0.25, 0.3) is 11.5 Å². The van der Waals surface area contributed by atoms with E-state index in [0.29, 0.717) is 60.3 Å². The highest BCUT2D eigenvalue weighted by atomic mass is 32.2. The molecule has 2 aromatic rings. The quantitative estimate of drug-likeness (QED) is 0.662. The standard InChI is InChI=1S/C24H25F3N2O3S/c1-3-33(31,32)21-11-17(18-13-28(2)22(30)16-6-4-5-15(16)18)20(12-19(21)25)29-9-7-23(8-10-29)14-24(23,26)27/h4-5,11-13H,3,6-10,14H2,1-2H3. The van der Waals surface area contributed by atoms with E-state index in [2.05, 4.69) is 0 Å². The van der Waals surface area contributed by atoms with Gasteiger partial charge in [0.05, 0.1) is 5.75 Å². The van der Waals surface area contributed by atoms with Crippen molar-refractivity contribution in [1.82, 2.24) is 4.57 Å². The highest BCUT2D eigenvalue weighted by molar-refractivity contribution is 7.91. The minimum absolute atomic E-state index is 0.109. The van der Waals surface area contributed by atoms with E-state index in [4.69, 9.17) is 0 Å². The average molecular weight is 479 g/mol. The number of hydrogen-bond donors (Lipinski definition) is 0. The summed E-state index contributed by atoms with van der Waals surface area (Å²) < 4.78 is 69.5. The van der Waals surface area contributed by atoms with Gasteiger partial charge in [-0.15, -0.1) is 0 Å². The largest absolute Gasteiger partial charge is 0.371 e. The summed E-state index contributed by atoms with van der Waals surface area (Å²) in [5, 5.41) is 0. The third-order valence-corrected chi connectivity index (χ3v) is 9.19. The molecule has 1 spiro atoms. The summed E-state index contributed by atoms with van der Waals surface area (Å²) in [4.78, 5) is 14.0. The molecule has 5 nitrogen and oxygen atoms in total. The topological polar surface area (TPSA) is 59.4 Å². The number of pyridine rings is 1. The first kappa shape index (κ1) is 22.3. The van der Waals surface area contributed by atoms with E-state index >= 15 is 4.39 Å². The minimum atomic E-state index is -3.84. The fourth-order valence-corrected chi connectivity index (χ4v) is 6.19. The van der Waals surface area contributed by atoms with Crippen LogP contribution < -0.4 is 10.5 Å². The molecule has 1 saturated carbocycles. The van der Waals surface area contributed by atoms with Gasteiger partial charge >= 0.3 is 0 Å². The Morgan fingerprint density at radius 3 is 2.39 bits per heavy atom. The number of piperidine rings is 1. The number of hydrogen-bond acceptors (Lipinski definition) is 4. The molecule has 0 atom stereocenters. The molecule has 1 aliphatic heterocycles. The van der Waals surface area contributed by atoms with Crippen LogP contribution in [0, 0.1) is 11.2 Å². The molecule has 3 aliphatic rings. The Hall–Kier alpha value is -2.55. The molecule has 0 bridgehead atoms. The smallest absolute Gasteiger partial charge is 0.254 e. The van der Waals surface area contributed by atoms with E-state index in [9.17, 15) is 22.0 Å². The van der Waals surface area contributed by atoms with E-state index in [0.717, 1.165) is 0 Å². The first-order chi connectivity index (χ1) is 15.5. The van der Waals surface area contributed by atoms with Crippen LogP contribution in [-0.2, 0) is 23.3 Å². The van der Waals surface area contributed by atoms with Crippen LogP contribution >= 0.6 is 0 Å². The predicted octanol–water partition coefficient (Wildman–Crippen LogP) is 4.18. The summed E-state index contributed by atoms with van der Waals surface area (Å²) in [5.41, 5.74) is 1.75. The second-order valence-electron chi connectivity index (χ2n) is 9.31. The van der Waals surface area contributed by atoms with Crippen LogP contribution in [0.4, 0.5) is 18.9 Å². The number of nitrogens with zero attached hydrogens (tertiary/aromatic N) is 2. The van der Waals surface area contributed by atoms with Crippen LogP contribution in [0.5, 0.6) is 0 Å². The van der Waals surface area contributed by atoms with E-state index < -0.39 is 31.9 Å². The molecule has 176 valence electrons. The third-order valence-electron chi connectivity index (χ3n) is 7.45. The Kier molecular flexibility index (Phi) is 4.87. The number of alkyl halides is 2. The monoisotopic (exact) mass is 478 g/mol.